The lowest BCUT2D eigenvalue weighted by Gasteiger charge is -1.90. The standard InChI is InChI=1S/C12H12N6/c1-3-11(17-15-5-1)9-13-7-8-14-10-12-4-2-6-16-18-12/h1-6,9-10H,7-8H2. The third-order valence-electron chi connectivity index (χ3n) is 1.99. The van der Waals surface area contributed by atoms with Crippen LogP contribution in [-0.2, 0) is 0 Å². The average molecular weight is 240 g/mol. The summed E-state index contributed by atoms with van der Waals surface area (Å²) in [6, 6.07) is 7.33. The van der Waals surface area contributed by atoms with E-state index >= 15 is 0 Å². The van der Waals surface area contributed by atoms with E-state index in [4.69, 9.17) is 0 Å². The Labute approximate surface area is 105 Å². The van der Waals surface area contributed by atoms with E-state index in [1.54, 1.807) is 24.8 Å². The number of nitrogens with zero attached hydrogens (tertiary/aromatic N) is 6. The number of aromatic nitrogens is 4. The molecule has 0 radical (unpaired) electrons. The minimum Gasteiger partial charge on any atom is -0.289 e. The second-order valence-electron chi connectivity index (χ2n) is 3.37. The van der Waals surface area contributed by atoms with Crippen LogP contribution in [0, 0.1) is 0 Å². The summed E-state index contributed by atoms with van der Waals surface area (Å²) in [6.45, 7) is 1.21. The summed E-state index contributed by atoms with van der Waals surface area (Å²) < 4.78 is 0. The van der Waals surface area contributed by atoms with Gasteiger partial charge >= 0.3 is 0 Å². The van der Waals surface area contributed by atoms with Crippen LogP contribution in [0.1, 0.15) is 11.4 Å². The summed E-state index contributed by atoms with van der Waals surface area (Å²) in [5.74, 6) is 0. The molecule has 0 spiro atoms. The molecule has 0 amide bonds. The zero-order valence-electron chi connectivity index (χ0n) is 9.72. The van der Waals surface area contributed by atoms with Gasteiger partial charge in [-0.2, -0.15) is 10.2 Å². The Kier molecular flexibility index (Phi) is 4.62. The summed E-state index contributed by atoms with van der Waals surface area (Å²) in [6.07, 6.45) is 6.63. The molecule has 0 aliphatic carbocycles. The predicted molar refractivity (Wildman–Crippen MR) is 69.0 cm³/mol. The average Bonchev–Trinajstić information content (AvgIpc) is 2.45. The number of aliphatic imine (C=N–C) groups is 2. The maximum absolute atomic E-state index is 4.20. The Morgan fingerprint density at radius 2 is 1.33 bits per heavy atom. The Morgan fingerprint density at radius 3 is 1.72 bits per heavy atom. The molecule has 6 heteroatoms. The molecule has 6 nitrogen and oxygen atoms in total. The topological polar surface area (TPSA) is 76.3 Å². The molecule has 2 rings (SSSR count). The van der Waals surface area contributed by atoms with Crippen molar-refractivity contribution in [2.24, 2.45) is 9.98 Å². The van der Waals surface area contributed by atoms with Crippen LogP contribution in [0.2, 0.25) is 0 Å². The van der Waals surface area contributed by atoms with Crippen molar-refractivity contribution in [1.82, 2.24) is 20.4 Å². The van der Waals surface area contributed by atoms with Crippen molar-refractivity contribution in [3.8, 4) is 0 Å². The van der Waals surface area contributed by atoms with Gasteiger partial charge in [-0.15, -0.1) is 10.2 Å². The van der Waals surface area contributed by atoms with Gasteiger partial charge in [0.15, 0.2) is 0 Å². The summed E-state index contributed by atoms with van der Waals surface area (Å²) >= 11 is 0. The lowest BCUT2D eigenvalue weighted by atomic mass is 10.4. The van der Waals surface area contributed by atoms with Crippen LogP contribution in [0.3, 0.4) is 0 Å². The van der Waals surface area contributed by atoms with Gasteiger partial charge in [-0.05, 0) is 24.3 Å². The largest absolute Gasteiger partial charge is 0.289 e. The van der Waals surface area contributed by atoms with Crippen molar-refractivity contribution in [1.29, 1.82) is 0 Å². The van der Waals surface area contributed by atoms with Crippen LogP contribution in [-0.4, -0.2) is 45.9 Å². The normalized spacial score (nSPS) is 11.3. The minimum atomic E-state index is 0.605. The Balaban J connectivity index is 1.73. The molecule has 0 atom stereocenters. The fourth-order valence-corrected chi connectivity index (χ4v) is 1.20. The maximum atomic E-state index is 4.20. The van der Waals surface area contributed by atoms with Crippen molar-refractivity contribution >= 4 is 12.4 Å². The first-order valence-electron chi connectivity index (χ1n) is 5.50. The molecule has 90 valence electrons. The molecule has 0 fully saturated rings. The van der Waals surface area contributed by atoms with Crippen LogP contribution in [0.15, 0.2) is 46.6 Å². The van der Waals surface area contributed by atoms with Crippen LogP contribution in [0.4, 0.5) is 0 Å². The fourth-order valence-electron chi connectivity index (χ4n) is 1.20. The molecule has 0 saturated carbocycles. The van der Waals surface area contributed by atoms with Gasteiger partial charge in [0.2, 0.25) is 0 Å². The summed E-state index contributed by atoms with van der Waals surface area (Å²) in [7, 11) is 0. The molecule has 0 saturated heterocycles. The smallest absolute Gasteiger partial charge is 0.103 e. The molecule has 18 heavy (non-hydrogen) atoms. The molecule has 0 N–H and O–H groups in total. The molecule has 2 heterocycles. The van der Waals surface area contributed by atoms with Crippen molar-refractivity contribution in [2.45, 2.75) is 0 Å². The second kappa shape index (κ2) is 6.95. The zero-order chi connectivity index (χ0) is 12.5. The SMILES string of the molecule is C(=NCCN=Cc1cccnn1)c1cccnn1. The highest BCUT2D eigenvalue weighted by atomic mass is 15.1. The van der Waals surface area contributed by atoms with E-state index in [1.165, 1.54) is 0 Å². The van der Waals surface area contributed by atoms with E-state index in [0.29, 0.717) is 13.1 Å². The zero-order valence-corrected chi connectivity index (χ0v) is 9.72. The van der Waals surface area contributed by atoms with Crippen LogP contribution in [0.5, 0.6) is 0 Å². The lowest BCUT2D eigenvalue weighted by Crippen LogP contribution is -1.94. The molecule has 0 bridgehead atoms. The third kappa shape index (κ3) is 4.17. The van der Waals surface area contributed by atoms with Crippen molar-refractivity contribution in [2.75, 3.05) is 13.1 Å². The quantitative estimate of drug-likeness (QED) is 0.572. The van der Waals surface area contributed by atoms with Gasteiger partial charge in [0, 0.05) is 24.8 Å². The van der Waals surface area contributed by atoms with E-state index in [0.717, 1.165) is 11.4 Å². The van der Waals surface area contributed by atoms with Crippen LogP contribution >= 0.6 is 0 Å². The Hall–Kier alpha value is -2.50. The first-order valence-corrected chi connectivity index (χ1v) is 5.50. The van der Waals surface area contributed by atoms with Gasteiger partial charge in [-0.3, -0.25) is 9.98 Å². The number of hydrogen-bond donors (Lipinski definition) is 0. The lowest BCUT2D eigenvalue weighted by molar-refractivity contribution is 0.970. The maximum Gasteiger partial charge on any atom is 0.103 e. The van der Waals surface area contributed by atoms with E-state index in [-0.39, 0.29) is 0 Å². The highest BCUT2D eigenvalue weighted by molar-refractivity contribution is 5.77. The van der Waals surface area contributed by atoms with Gasteiger partial charge in [-0.25, -0.2) is 0 Å². The molecule has 0 aliphatic rings. The van der Waals surface area contributed by atoms with Crippen molar-refractivity contribution < 1.29 is 0 Å². The number of rotatable bonds is 5. The monoisotopic (exact) mass is 240 g/mol. The van der Waals surface area contributed by atoms with Gasteiger partial charge in [0.05, 0.1) is 13.1 Å². The Bertz CT molecular complexity index is 459. The molecule has 0 aromatic carbocycles. The van der Waals surface area contributed by atoms with Crippen molar-refractivity contribution in [3.05, 3.63) is 48.0 Å². The predicted octanol–water partition coefficient (Wildman–Crippen LogP) is 0.805. The fraction of sp³-hybridized carbons (Fsp3) is 0.167. The molecular weight excluding hydrogens is 228 g/mol. The summed E-state index contributed by atoms with van der Waals surface area (Å²) in [4.78, 5) is 8.39. The van der Waals surface area contributed by atoms with E-state index in [2.05, 4.69) is 30.4 Å². The second-order valence-corrected chi connectivity index (χ2v) is 3.37. The molecular formula is C12H12N6. The van der Waals surface area contributed by atoms with Gasteiger partial charge in [-0.1, -0.05) is 0 Å². The molecule has 2 aromatic rings. The Morgan fingerprint density at radius 1 is 0.833 bits per heavy atom. The van der Waals surface area contributed by atoms with Gasteiger partial charge in [0.25, 0.3) is 0 Å². The van der Waals surface area contributed by atoms with Gasteiger partial charge in [0.1, 0.15) is 11.4 Å². The molecule has 0 unspecified atom stereocenters. The van der Waals surface area contributed by atoms with E-state index in [9.17, 15) is 0 Å². The van der Waals surface area contributed by atoms with E-state index < -0.39 is 0 Å². The molecule has 0 aliphatic heterocycles. The highest BCUT2D eigenvalue weighted by Crippen LogP contribution is 1.87. The first kappa shape index (κ1) is 12.0. The highest BCUT2D eigenvalue weighted by Gasteiger charge is 1.87. The molecule has 2 aromatic heterocycles. The minimum absolute atomic E-state index is 0.605. The van der Waals surface area contributed by atoms with E-state index in [1.807, 2.05) is 24.3 Å². The van der Waals surface area contributed by atoms with Crippen LogP contribution < -0.4 is 0 Å². The summed E-state index contributed by atoms with van der Waals surface area (Å²) in [5, 5.41) is 15.3. The summed E-state index contributed by atoms with van der Waals surface area (Å²) in [5.41, 5.74) is 1.49. The first-order chi connectivity index (χ1) is 8.95. The third-order valence-corrected chi connectivity index (χ3v) is 1.99. The van der Waals surface area contributed by atoms with Gasteiger partial charge < -0.3 is 0 Å². The van der Waals surface area contributed by atoms with Crippen molar-refractivity contribution in [3.63, 3.8) is 0 Å². The van der Waals surface area contributed by atoms with Crippen LogP contribution in [0.25, 0.3) is 0 Å². The number of hydrogen-bond acceptors (Lipinski definition) is 6.